The van der Waals surface area contributed by atoms with Crippen LogP contribution in [0.3, 0.4) is 0 Å². The van der Waals surface area contributed by atoms with Crippen molar-refractivity contribution in [3.63, 3.8) is 0 Å². The van der Waals surface area contributed by atoms with Gasteiger partial charge in [0.2, 0.25) is 5.95 Å². The fourth-order valence-electron chi connectivity index (χ4n) is 4.55. The molecule has 0 spiro atoms. The smallest absolute Gasteiger partial charge is 0.405 e. The second-order valence-electron chi connectivity index (χ2n) is 9.40. The summed E-state index contributed by atoms with van der Waals surface area (Å²) in [5, 5.41) is 5.04. The Morgan fingerprint density at radius 1 is 1.15 bits per heavy atom. The highest BCUT2D eigenvalue weighted by molar-refractivity contribution is 8.18. The zero-order valence-corrected chi connectivity index (χ0v) is 22.3. The van der Waals surface area contributed by atoms with Crippen LogP contribution in [0.25, 0.3) is 17.3 Å². The van der Waals surface area contributed by atoms with Gasteiger partial charge in [0.25, 0.3) is 11.1 Å². The van der Waals surface area contributed by atoms with Gasteiger partial charge in [-0.2, -0.15) is 0 Å². The maximum Gasteiger partial charge on any atom is 0.573 e. The molecule has 2 aliphatic rings. The third-order valence-corrected chi connectivity index (χ3v) is 7.37. The van der Waals surface area contributed by atoms with Crippen LogP contribution >= 0.6 is 11.8 Å². The van der Waals surface area contributed by atoms with Crippen LogP contribution < -0.4 is 20.3 Å². The number of nitrogens with one attached hydrogen (secondary N) is 2. The molecule has 3 aromatic rings. The molecule has 4 heterocycles. The third-order valence-electron chi connectivity index (χ3n) is 6.55. The van der Waals surface area contributed by atoms with E-state index < -0.39 is 29.1 Å². The minimum absolute atomic E-state index is 0.111. The summed E-state index contributed by atoms with van der Waals surface area (Å²) in [6.45, 7) is 2.19. The first kappa shape index (κ1) is 28.5. The first-order chi connectivity index (χ1) is 19.6. The number of alkyl halides is 3. The number of benzene rings is 1. The average molecular weight is 589 g/mol. The van der Waals surface area contributed by atoms with Gasteiger partial charge in [0.15, 0.2) is 0 Å². The highest BCUT2D eigenvalue weighted by atomic mass is 32.2. The van der Waals surface area contributed by atoms with Crippen LogP contribution in [-0.4, -0.2) is 52.1 Å². The van der Waals surface area contributed by atoms with Gasteiger partial charge in [0.1, 0.15) is 11.6 Å². The van der Waals surface area contributed by atoms with E-state index in [1.165, 1.54) is 24.3 Å². The Bertz CT molecular complexity index is 1480. The van der Waals surface area contributed by atoms with Crippen molar-refractivity contribution >= 4 is 34.9 Å². The zero-order chi connectivity index (χ0) is 29.0. The molecule has 2 fully saturated rings. The quantitative estimate of drug-likeness (QED) is 0.280. The van der Waals surface area contributed by atoms with Gasteiger partial charge in [-0.1, -0.05) is 12.1 Å². The largest absolute Gasteiger partial charge is 0.573 e. The molecule has 9 nitrogen and oxygen atoms in total. The minimum atomic E-state index is -4.86. The molecule has 41 heavy (non-hydrogen) atoms. The molecule has 0 atom stereocenters. The minimum Gasteiger partial charge on any atom is -0.405 e. The lowest BCUT2D eigenvalue weighted by molar-refractivity contribution is -0.274. The number of thioether (sulfide) groups is 1. The van der Waals surface area contributed by atoms with E-state index >= 15 is 0 Å². The van der Waals surface area contributed by atoms with Gasteiger partial charge in [-0.25, -0.2) is 14.4 Å². The van der Waals surface area contributed by atoms with Gasteiger partial charge in [0, 0.05) is 37.0 Å². The maximum atomic E-state index is 14.5. The number of rotatable bonds is 8. The molecule has 0 bridgehead atoms. The molecule has 5 rings (SSSR count). The number of aromatic nitrogens is 3. The topological polar surface area (TPSA) is 109 Å². The molecule has 2 aromatic heterocycles. The van der Waals surface area contributed by atoms with Crippen molar-refractivity contribution in [3.8, 4) is 17.0 Å². The number of hydrogen-bond donors (Lipinski definition) is 2. The van der Waals surface area contributed by atoms with E-state index in [0.717, 1.165) is 30.8 Å². The monoisotopic (exact) mass is 588 g/mol. The number of pyridine rings is 1. The van der Waals surface area contributed by atoms with Crippen LogP contribution in [-0.2, 0) is 11.3 Å². The summed E-state index contributed by atoms with van der Waals surface area (Å²) < 4.78 is 57.0. The highest BCUT2D eigenvalue weighted by Gasteiger charge is 2.32. The van der Waals surface area contributed by atoms with E-state index in [1.54, 1.807) is 24.4 Å². The summed E-state index contributed by atoms with van der Waals surface area (Å²) in [6.07, 6.45) is 0.957. The molecule has 0 unspecified atom stereocenters. The van der Waals surface area contributed by atoms with E-state index in [4.69, 9.17) is 0 Å². The van der Waals surface area contributed by atoms with Crippen molar-refractivity contribution in [1.82, 2.24) is 25.6 Å². The lowest BCUT2D eigenvalue weighted by Crippen LogP contribution is -2.38. The number of halogens is 4. The zero-order valence-electron chi connectivity index (χ0n) is 21.4. The molecule has 14 heteroatoms. The van der Waals surface area contributed by atoms with E-state index in [2.05, 4.69) is 30.3 Å². The summed E-state index contributed by atoms with van der Waals surface area (Å²) in [4.78, 5) is 38.3. The average Bonchev–Trinajstić information content (AvgIpc) is 3.25. The SMILES string of the molecule is O=C1NC(=O)C(=Cc2ccnc(N3CCC(CNCc4cc(-c5ccccc5OC(F)(F)F)ncc4F)CC3)n2)S1. The number of carbonyl (C=O) groups is 2. The Labute approximate surface area is 236 Å². The summed E-state index contributed by atoms with van der Waals surface area (Å²) in [5.41, 5.74) is 1.09. The Balaban J connectivity index is 1.15. The predicted molar refractivity (Wildman–Crippen MR) is 144 cm³/mol. The van der Waals surface area contributed by atoms with E-state index in [-0.39, 0.29) is 28.3 Å². The molecule has 2 saturated heterocycles. The fraction of sp³-hybridized carbons (Fsp3) is 0.296. The fourth-order valence-corrected chi connectivity index (χ4v) is 5.22. The van der Waals surface area contributed by atoms with Crippen LogP contribution in [0.2, 0.25) is 0 Å². The Morgan fingerprint density at radius 3 is 2.66 bits per heavy atom. The molecule has 214 valence electrons. The molecular formula is C27H24F4N6O3S. The molecule has 0 radical (unpaired) electrons. The number of carbonyl (C=O) groups excluding carboxylic acids is 2. The number of anilines is 1. The molecule has 2 amide bonds. The second-order valence-corrected chi connectivity index (χ2v) is 10.4. The number of nitrogens with zero attached hydrogens (tertiary/aromatic N) is 4. The number of hydrogen-bond acceptors (Lipinski definition) is 9. The van der Waals surface area contributed by atoms with E-state index in [1.807, 2.05) is 4.90 Å². The van der Waals surface area contributed by atoms with Gasteiger partial charge in [0.05, 0.1) is 22.5 Å². The van der Waals surface area contributed by atoms with Crippen LogP contribution in [0.15, 0.2) is 53.7 Å². The van der Waals surface area contributed by atoms with Crippen LogP contribution in [0.5, 0.6) is 5.75 Å². The molecule has 2 aliphatic heterocycles. The van der Waals surface area contributed by atoms with Gasteiger partial charge >= 0.3 is 6.36 Å². The number of imide groups is 1. The number of piperidine rings is 1. The second kappa shape index (κ2) is 12.2. The van der Waals surface area contributed by atoms with Crippen molar-refractivity contribution in [2.75, 3.05) is 24.5 Å². The Morgan fingerprint density at radius 2 is 1.93 bits per heavy atom. The number of ether oxygens (including phenoxy) is 1. The Kier molecular flexibility index (Phi) is 8.49. The summed E-state index contributed by atoms with van der Waals surface area (Å²) in [6, 6.07) is 8.69. The molecule has 2 N–H and O–H groups in total. The van der Waals surface area contributed by atoms with Crippen molar-refractivity contribution in [2.45, 2.75) is 25.7 Å². The molecule has 0 aliphatic carbocycles. The molecular weight excluding hydrogens is 564 g/mol. The lowest BCUT2D eigenvalue weighted by Gasteiger charge is -2.32. The lowest BCUT2D eigenvalue weighted by atomic mass is 9.97. The third kappa shape index (κ3) is 7.38. The standard InChI is InChI=1S/C27H24F4N6O3S/c28-20-15-34-21(19-3-1-2-4-22(19)40-27(29,30)31)11-17(20)14-32-13-16-6-9-37(10-7-16)25-33-8-5-18(35-25)12-23-24(38)36-26(39)41-23/h1-5,8,11-12,15-16,32H,6-7,9-10,13-14H2,(H,36,38,39). The van der Waals surface area contributed by atoms with Crippen molar-refractivity contribution < 1.29 is 31.9 Å². The van der Waals surface area contributed by atoms with Crippen LogP contribution in [0.1, 0.15) is 24.1 Å². The number of amides is 2. The normalized spacial score (nSPS) is 17.3. The molecule has 0 saturated carbocycles. The van der Waals surface area contributed by atoms with E-state index in [9.17, 15) is 27.2 Å². The summed E-state index contributed by atoms with van der Waals surface area (Å²) in [7, 11) is 0. The summed E-state index contributed by atoms with van der Waals surface area (Å²) >= 11 is 0.826. The van der Waals surface area contributed by atoms with Crippen molar-refractivity contribution in [2.24, 2.45) is 5.92 Å². The highest BCUT2D eigenvalue weighted by Crippen LogP contribution is 2.33. The maximum absolute atomic E-state index is 14.5. The van der Waals surface area contributed by atoms with Crippen molar-refractivity contribution in [3.05, 3.63) is 70.8 Å². The molecule has 1 aromatic carbocycles. The Hall–Kier alpha value is -4.04. The van der Waals surface area contributed by atoms with Gasteiger partial charge < -0.3 is 15.0 Å². The predicted octanol–water partition coefficient (Wildman–Crippen LogP) is 4.91. The van der Waals surface area contributed by atoms with Crippen LogP contribution in [0.4, 0.5) is 28.3 Å². The first-order valence-corrected chi connectivity index (χ1v) is 13.5. The van der Waals surface area contributed by atoms with Gasteiger partial charge in [-0.15, -0.1) is 13.2 Å². The van der Waals surface area contributed by atoms with Crippen LogP contribution in [0, 0.1) is 11.7 Å². The van der Waals surface area contributed by atoms with Gasteiger partial charge in [-0.05, 0) is 67.4 Å². The first-order valence-electron chi connectivity index (χ1n) is 12.7. The van der Waals surface area contributed by atoms with Crippen molar-refractivity contribution in [1.29, 1.82) is 0 Å². The summed E-state index contributed by atoms with van der Waals surface area (Å²) in [5.74, 6) is -0.575. The number of para-hydroxylation sites is 1. The van der Waals surface area contributed by atoms with Gasteiger partial charge in [-0.3, -0.25) is 19.9 Å². The van der Waals surface area contributed by atoms with E-state index in [0.29, 0.717) is 37.2 Å².